The van der Waals surface area contributed by atoms with E-state index in [0.29, 0.717) is 29.1 Å². The van der Waals surface area contributed by atoms with Gasteiger partial charge in [0.15, 0.2) is 5.16 Å². The first-order chi connectivity index (χ1) is 14.5. The monoisotopic (exact) mass is 444 g/mol. The van der Waals surface area contributed by atoms with Gasteiger partial charge in [0.1, 0.15) is 10.6 Å². The van der Waals surface area contributed by atoms with Crippen molar-refractivity contribution in [1.82, 2.24) is 9.55 Å². The molecule has 0 spiro atoms. The van der Waals surface area contributed by atoms with Crippen LogP contribution >= 0.6 is 23.1 Å². The minimum absolute atomic E-state index is 0.0800. The van der Waals surface area contributed by atoms with E-state index < -0.39 is 0 Å². The number of hydrogen-bond acceptors (Lipinski definition) is 7. The van der Waals surface area contributed by atoms with Crippen LogP contribution < -0.4 is 10.3 Å². The van der Waals surface area contributed by atoms with Gasteiger partial charge in [0.05, 0.1) is 30.5 Å². The Hall–Kier alpha value is -2.32. The molecule has 0 amide bonds. The highest BCUT2D eigenvalue weighted by Crippen LogP contribution is 2.37. The number of nitrogens with zero attached hydrogens (tertiary/aromatic N) is 2. The first-order valence-electron chi connectivity index (χ1n) is 10.0. The van der Waals surface area contributed by atoms with Crippen molar-refractivity contribution in [2.24, 2.45) is 5.92 Å². The number of methoxy groups -OCH3 is 1. The minimum Gasteiger partial charge on any atom is -0.497 e. The molecule has 0 N–H and O–H groups in total. The molecule has 1 unspecified atom stereocenters. The largest absolute Gasteiger partial charge is 0.497 e. The van der Waals surface area contributed by atoms with E-state index in [2.05, 4.69) is 6.92 Å². The summed E-state index contributed by atoms with van der Waals surface area (Å²) in [4.78, 5) is 32.4. The summed E-state index contributed by atoms with van der Waals surface area (Å²) in [5, 5.41) is 1.22. The number of carbonyl (C=O) groups is 1. The topological polar surface area (TPSA) is 70.4 Å². The average molecular weight is 445 g/mol. The van der Waals surface area contributed by atoms with Gasteiger partial charge >= 0.3 is 5.97 Å². The zero-order chi connectivity index (χ0) is 21.3. The molecule has 0 aliphatic heterocycles. The SMILES string of the molecule is CCOC(=O)CSc1nc2sc3c(c2c(=O)n1-c1ccc(OC)cc1)CCC(C)C3. The number of hydrogen-bond donors (Lipinski definition) is 0. The van der Waals surface area contributed by atoms with Crippen LogP contribution in [0.15, 0.2) is 34.2 Å². The fourth-order valence-corrected chi connectivity index (χ4v) is 5.99. The summed E-state index contributed by atoms with van der Waals surface area (Å²) in [7, 11) is 1.61. The number of carbonyl (C=O) groups excluding carboxylic acids is 1. The van der Waals surface area contributed by atoms with E-state index in [1.54, 1.807) is 29.9 Å². The molecule has 30 heavy (non-hydrogen) atoms. The molecule has 0 saturated carbocycles. The van der Waals surface area contributed by atoms with Gasteiger partial charge in [-0.2, -0.15) is 0 Å². The minimum atomic E-state index is -0.322. The number of fused-ring (bicyclic) bond motifs is 3. The lowest BCUT2D eigenvalue weighted by molar-refractivity contribution is -0.139. The molecule has 1 aliphatic carbocycles. The predicted octanol–water partition coefficient (Wildman–Crippen LogP) is 4.24. The van der Waals surface area contributed by atoms with Gasteiger partial charge in [0.25, 0.3) is 5.56 Å². The van der Waals surface area contributed by atoms with Gasteiger partial charge in [-0.25, -0.2) is 4.98 Å². The van der Waals surface area contributed by atoms with Crippen molar-refractivity contribution in [2.75, 3.05) is 19.5 Å². The van der Waals surface area contributed by atoms with Crippen LogP contribution in [0, 0.1) is 5.92 Å². The van der Waals surface area contributed by atoms with E-state index in [0.717, 1.165) is 35.0 Å². The lowest BCUT2D eigenvalue weighted by atomic mass is 9.89. The second kappa shape index (κ2) is 8.81. The smallest absolute Gasteiger partial charge is 0.316 e. The average Bonchev–Trinajstić information content (AvgIpc) is 3.10. The molecule has 2 aromatic heterocycles. The van der Waals surface area contributed by atoms with Gasteiger partial charge in [0.2, 0.25) is 0 Å². The van der Waals surface area contributed by atoms with E-state index in [4.69, 9.17) is 14.5 Å². The van der Waals surface area contributed by atoms with Crippen molar-refractivity contribution in [3.05, 3.63) is 45.1 Å². The van der Waals surface area contributed by atoms with Crippen molar-refractivity contribution in [1.29, 1.82) is 0 Å². The first kappa shape index (κ1) is 20.9. The van der Waals surface area contributed by atoms with Gasteiger partial charge < -0.3 is 9.47 Å². The summed E-state index contributed by atoms with van der Waals surface area (Å²) in [5.74, 6) is 1.11. The molecule has 0 saturated heterocycles. The number of rotatable bonds is 6. The molecule has 8 heteroatoms. The Bertz CT molecular complexity index is 1130. The summed E-state index contributed by atoms with van der Waals surface area (Å²) >= 11 is 2.84. The van der Waals surface area contributed by atoms with E-state index >= 15 is 0 Å². The molecule has 4 rings (SSSR count). The molecular weight excluding hydrogens is 420 g/mol. The van der Waals surface area contributed by atoms with Crippen LogP contribution in [0.5, 0.6) is 5.75 Å². The van der Waals surface area contributed by atoms with Crippen LogP contribution in [-0.2, 0) is 22.4 Å². The van der Waals surface area contributed by atoms with E-state index in [1.807, 2.05) is 24.3 Å². The third kappa shape index (κ3) is 3.98. The van der Waals surface area contributed by atoms with E-state index in [9.17, 15) is 9.59 Å². The molecule has 6 nitrogen and oxygen atoms in total. The Morgan fingerprint density at radius 1 is 1.33 bits per heavy atom. The molecule has 3 aromatic rings. The highest BCUT2D eigenvalue weighted by atomic mass is 32.2. The van der Waals surface area contributed by atoms with Gasteiger partial charge in [-0.15, -0.1) is 11.3 Å². The Labute approximate surface area is 183 Å². The summed E-state index contributed by atoms with van der Waals surface area (Å²) in [5.41, 5.74) is 1.77. The molecule has 0 fully saturated rings. The second-order valence-electron chi connectivity index (χ2n) is 7.36. The molecule has 0 bridgehead atoms. The van der Waals surface area contributed by atoms with Crippen molar-refractivity contribution >= 4 is 39.3 Å². The molecule has 1 aromatic carbocycles. The number of thioether (sulfide) groups is 1. The first-order valence-corrected chi connectivity index (χ1v) is 11.8. The van der Waals surface area contributed by atoms with Crippen LogP contribution in [0.25, 0.3) is 15.9 Å². The highest BCUT2D eigenvalue weighted by Gasteiger charge is 2.25. The van der Waals surface area contributed by atoms with Crippen molar-refractivity contribution in [3.8, 4) is 11.4 Å². The van der Waals surface area contributed by atoms with Crippen molar-refractivity contribution < 1.29 is 14.3 Å². The molecule has 1 aliphatic rings. The fraction of sp³-hybridized carbons (Fsp3) is 0.409. The quantitative estimate of drug-likeness (QED) is 0.322. The lowest BCUT2D eigenvalue weighted by Crippen LogP contribution is -2.23. The Morgan fingerprint density at radius 2 is 2.10 bits per heavy atom. The van der Waals surface area contributed by atoms with Gasteiger partial charge in [-0.1, -0.05) is 18.7 Å². The molecule has 2 heterocycles. The maximum atomic E-state index is 13.7. The zero-order valence-corrected chi connectivity index (χ0v) is 18.9. The van der Waals surface area contributed by atoms with E-state index in [1.165, 1.54) is 16.6 Å². The number of benzene rings is 1. The number of thiophene rings is 1. The fourth-order valence-electron chi connectivity index (χ4n) is 3.75. The number of ether oxygens (including phenoxy) is 2. The van der Waals surface area contributed by atoms with Gasteiger partial charge in [-0.05, 0) is 61.9 Å². The Morgan fingerprint density at radius 3 is 2.80 bits per heavy atom. The summed E-state index contributed by atoms with van der Waals surface area (Å²) < 4.78 is 11.9. The summed E-state index contributed by atoms with van der Waals surface area (Å²) in [6, 6.07) is 7.30. The highest BCUT2D eigenvalue weighted by molar-refractivity contribution is 7.99. The number of aryl methyl sites for hydroxylation is 1. The maximum Gasteiger partial charge on any atom is 0.316 e. The van der Waals surface area contributed by atoms with Crippen LogP contribution in [-0.4, -0.2) is 35.0 Å². The van der Waals surface area contributed by atoms with Crippen LogP contribution in [0.1, 0.15) is 30.7 Å². The predicted molar refractivity (Wildman–Crippen MR) is 120 cm³/mol. The second-order valence-corrected chi connectivity index (χ2v) is 9.38. The normalized spacial score (nSPS) is 15.8. The Balaban J connectivity index is 1.86. The van der Waals surface area contributed by atoms with Crippen molar-refractivity contribution in [2.45, 2.75) is 38.3 Å². The standard InChI is InChI=1S/C22H24N2O4S2/c1-4-28-18(25)12-29-22-23-20-19(16-10-5-13(2)11-17(16)30-20)21(26)24(22)14-6-8-15(27-3)9-7-14/h6-9,13H,4-5,10-12H2,1-3H3. The third-order valence-electron chi connectivity index (χ3n) is 5.25. The molecule has 158 valence electrons. The number of esters is 1. The lowest BCUT2D eigenvalue weighted by Gasteiger charge is -2.18. The van der Waals surface area contributed by atoms with Crippen LogP contribution in [0.3, 0.4) is 0 Å². The van der Waals surface area contributed by atoms with Crippen LogP contribution in [0.4, 0.5) is 0 Å². The molecular formula is C22H24N2O4S2. The van der Waals surface area contributed by atoms with Crippen molar-refractivity contribution in [3.63, 3.8) is 0 Å². The summed E-state index contributed by atoms with van der Waals surface area (Å²) in [6.07, 6.45) is 2.98. The zero-order valence-electron chi connectivity index (χ0n) is 17.3. The van der Waals surface area contributed by atoms with E-state index in [-0.39, 0.29) is 17.3 Å². The molecule has 0 radical (unpaired) electrons. The third-order valence-corrected chi connectivity index (χ3v) is 7.31. The van der Waals surface area contributed by atoms with Crippen LogP contribution in [0.2, 0.25) is 0 Å². The summed E-state index contributed by atoms with van der Waals surface area (Å²) in [6.45, 7) is 4.35. The maximum absolute atomic E-state index is 13.7. The molecule has 1 atom stereocenters. The van der Waals surface area contributed by atoms with Gasteiger partial charge in [0, 0.05) is 4.88 Å². The van der Waals surface area contributed by atoms with Gasteiger partial charge in [-0.3, -0.25) is 14.2 Å². The Kier molecular flexibility index (Phi) is 6.15. The number of aromatic nitrogens is 2.